The highest BCUT2D eigenvalue weighted by atomic mass is 16.5. The Bertz CT molecular complexity index is 889. The lowest BCUT2D eigenvalue weighted by molar-refractivity contribution is -0.232. The van der Waals surface area contributed by atoms with Gasteiger partial charge in [-0.05, 0) is 41.7 Å². The molecule has 1 aliphatic heterocycles. The van der Waals surface area contributed by atoms with E-state index >= 15 is 0 Å². The molecule has 0 aromatic heterocycles. The first kappa shape index (κ1) is 21.2. The van der Waals surface area contributed by atoms with Crippen molar-refractivity contribution in [2.45, 2.75) is 50.3 Å². The van der Waals surface area contributed by atoms with E-state index in [0.29, 0.717) is 12.0 Å². The summed E-state index contributed by atoms with van der Waals surface area (Å²) in [4.78, 5) is 0. The largest absolute Gasteiger partial charge is 0.508 e. The Balaban J connectivity index is 1.97. The number of aliphatic hydroxyl groups excluding tert-OH is 4. The van der Waals surface area contributed by atoms with Crippen LogP contribution in [0.25, 0.3) is 0 Å². The number of hydrogen-bond donors (Lipinski definition) is 5. The molecular weight excluding hydrogens is 374 g/mol. The van der Waals surface area contributed by atoms with Gasteiger partial charge in [-0.3, -0.25) is 0 Å². The Labute approximate surface area is 169 Å². The number of aromatic hydroxyl groups is 1. The van der Waals surface area contributed by atoms with E-state index in [9.17, 15) is 30.8 Å². The van der Waals surface area contributed by atoms with Gasteiger partial charge in [0.1, 0.15) is 36.3 Å². The predicted octanol–water partition coefficient (Wildman–Crippen LogP) is 0.932. The number of ether oxygens (including phenoxy) is 1. The topological polar surface area (TPSA) is 134 Å². The highest BCUT2D eigenvalue weighted by Crippen LogP contribution is 2.38. The molecule has 0 radical (unpaired) electrons. The van der Waals surface area contributed by atoms with Gasteiger partial charge >= 0.3 is 0 Å². The molecule has 1 fully saturated rings. The number of phenols is 1. The van der Waals surface area contributed by atoms with Crippen molar-refractivity contribution in [2.75, 3.05) is 6.61 Å². The fourth-order valence-corrected chi connectivity index (χ4v) is 3.60. The molecule has 2 aromatic rings. The van der Waals surface area contributed by atoms with Crippen LogP contribution in [-0.2, 0) is 17.6 Å². The summed E-state index contributed by atoms with van der Waals surface area (Å²) < 4.78 is 5.55. The summed E-state index contributed by atoms with van der Waals surface area (Å²) >= 11 is 0. The Kier molecular flexibility index (Phi) is 6.52. The van der Waals surface area contributed by atoms with E-state index in [1.54, 1.807) is 6.07 Å². The third-order valence-electron chi connectivity index (χ3n) is 5.40. The number of nitrogens with zero attached hydrogens (tertiary/aromatic N) is 1. The molecule has 5 N–H and O–H groups in total. The Hall–Kier alpha value is -2.47. The zero-order valence-corrected chi connectivity index (χ0v) is 16.1. The summed E-state index contributed by atoms with van der Waals surface area (Å²) in [5.74, 6) is -0.268. The maximum Gasteiger partial charge on any atom is 0.122 e. The normalized spacial score (nSPS) is 26.8. The minimum absolute atomic E-state index is 0.182. The summed E-state index contributed by atoms with van der Waals surface area (Å²) in [6.07, 6.45) is -5.45. The van der Waals surface area contributed by atoms with Crippen LogP contribution in [0.3, 0.4) is 0 Å². The van der Waals surface area contributed by atoms with E-state index < -0.39 is 37.1 Å². The molecule has 0 amide bonds. The molecule has 0 spiro atoms. The van der Waals surface area contributed by atoms with Gasteiger partial charge in [0.05, 0.1) is 18.2 Å². The van der Waals surface area contributed by atoms with Crippen LogP contribution in [0.4, 0.5) is 0 Å². The number of hydrogen-bond acceptors (Lipinski definition) is 7. The summed E-state index contributed by atoms with van der Waals surface area (Å²) in [7, 11) is 0. The number of benzene rings is 2. The van der Waals surface area contributed by atoms with Gasteiger partial charge in [0.15, 0.2) is 0 Å². The molecule has 0 bridgehead atoms. The molecule has 0 aliphatic carbocycles. The first-order valence-electron chi connectivity index (χ1n) is 9.53. The van der Waals surface area contributed by atoms with E-state index in [1.165, 1.54) is 11.6 Å². The summed E-state index contributed by atoms with van der Waals surface area (Å²) in [5, 5.41) is 59.7. The highest BCUT2D eigenvalue weighted by Gasteiger charge is 2.44. The standard InChI is InChI=1S/C22H25NO6/c1-2-12-3-5-13(6-4-12)7-14-8-16(17(25)9-15(14)10-23)22-21(28)20(27)19(26)18(11-24)29-22/h3-6,8-9,18-22,24-28H,2,7,11H2,1H3/t18-,19-,20+,21-,22+/m1/s1. The number of aliphatic hydroxyl groups is 4. The van der Waals surface area contributed by atoms with E-state index in [1.807, 2.05) is 24.3 Å². The first-order chi connectivity index (χ1) is 13.9. The molecule has 3 rings (SSSR count). The number of nitriles is 1. The van der Waals surface area contributed by atoms with Crippen LogP contribution in [0.2, 0.25) is 0 Å². The molecule has 154 valence electrons. The molecule has 1 saturated heterocycles. The average molecular weight is 399 g/mol. The Morgan fingerprint density at radius 3 is 2.24 bits per heavy atom. The third-order valence-corrected chi connectivity index (χ3v) is 5.40. The zero-order valence-electron chi connectivity index (χ0n) is 16.1. The van der Waals surface area contributed by atoms with E-state index in [-0.39, 0.29) is 16.9 Å². The van der Waals surface area contributed by atoms with Crippen LogP contribution >= 0.6 is 0 Å². The lowest BCUT2D eigenvalue weighted by atomic mass is 9.88. The second-order valence-corrected chi connectivity index (χ2v) is 7.28. The fraction of sp³-hybridized carbons (Fsp3) is 0.409. The molecule has 5 atom stereocenters. The number of phenolic OH excluding ortho intramolecular Hbond substituents is 1. The van der Waals surface area contributed by atoms with E-state index in [4.69, 9.17) is 4.74 Å². The van der Waals surface area contributed by atoms with Crippen LogP contribution in [-0.4, -0.2) is 56.6 Å². The molecule has 29 heavy (non-hydrogen) atoms. The molecule has 0 unspecified atom stereocenters. The van der Waals surface area contributed by atoms with Crippen molar-refractivity contribution in [1.29, 1.82) is 5.26 Å². The summed E-state index contributed by atoms with van der Waals surface area (Å²) in [6.45, 7) is 1.50. The minimum Gasteiger partial charge on any atom is -0.508 e. The molecule has 0 saturated carbocycles. The van der Waals surface area contributed by atoms with Crippen molar-refractivity contribution in [1.82, 2.24) is 0 Å². The molecule has 2 aromatic carbocycles. The lowest BCUT2D eigenvalue weighted by Crippen LogP contribution is -2.55. The van der Waals surface area contributed by atoms with Gasteiger partial charge in [0, 0.05) is 5.56 Å². The number of aryl methyl sites for hydroxylation is 1. The van der Waals surface area contributed by atoms with E-state index in [2.05, 4.69) is 13.0 Å². The number of rotatable bonds is 5. The second kappa shape index (κ2) is 8.91. The molecule has 1 heterocycles. The molecular formula is C22H25NO6. The summed E-state index contributed by atoms with van der Waals surface area (Å²) in [5.41, 5.74) is 3.27. The fourth-order valence-electron chi connectivity index (χ4n) is 3.60. The molecule has 7 heteroatoms. The van der Waals surface area contributed by atoms with Crippen LogP contribution in [0.1, 0.15) is 40.8 Å². The molecule has 7 nitrogen and oxygen atoms in total. The first-order valence-corrected chi connectivity index (χ1v) is 9.53. The zero-order chi connectivity index (χ0) is 21.1. The van der Waals surface area contributed by atoms with Gasteiger partial charge in [-0.1, -0.05) is 31.2 Å². The lowest BCUT2D eigenvalue weighted by Gasteiger charge is -2.40. The van der Waals surface area contributed by atoms with Crippen molar-refractivity contribution >= 4 is 0 Å². The maximum atomic E-state index is 10.4. The quantitative estimate of drug-likeness (QED) is 0.505. The minimum atomic E-state index is -1.55. The van der Waals surface area contributed by atoms with Gasteiger partial charge < -0.3 is 30.3 Å². The Morgan fingerprint density at radius 1 is 1.00 bits per heavy atom. The van der Waals surface area contributed by atoms with E-state index in [0.717, 1.165) is 12.0 Å². The average Bonchev–Trinajstić information content (AvgIpc) is 2.74. The van der Waals surface area contributed by atoms with Crippen LogP contribution in [0.15, 0.2) is 36.4 Å². The monoisotopic (exact) mass is 399 g/mol. The van der Waals surface area contributed by atoms with Gasteiger partial charge in [-0.25, -0.2) is 0 Å². The second-order valence-electron chi connectivity index (χ2n) is 7.28. The van der Waals surface area contributed by atoms with Crippen LogP contribution < -0.4 is 0 Å². The van der Waals surface area contributed by atoms with Gasteiger partial charge in [0.2, 0.25) is 0 Å². The SMILES string of the molecule is CCc1ccc(Cc2cc([C@@H]3O[C@H](CO)[C@@H](O)[C@H](O)[C@H]3O)c(O)cc2C#N)cc1. The van der Waals surface area contributed by atoms with Crippen molar-refractivity contribution < 1.29 is 30.3 Å². The Morgan fingerprint density at radius 2 is 1.66 bits per heavy atom. The van der Waals surface area contributed by atoms with Crippen molar-refractivity contribution in [3.05, 3.63) is 64.2 Å². The van der Waals surface area contributed by atoms with Crippen molar-refractivity contribution in [3.63, 3.8) is 0 Å². The van der Waals surface area contributed by atoms with Crippen molar-refractivity contribution in [3.8, 4) is 11.8 Å². The van der Waals surface area contributed by atoms with Gasteiger partial charge in [-0.15, -0.1) is 0 Å². The highest BCUT2D eigenvalue weighted by molar-refractivity contribution is 5.50. The summed E-state index contributed by atoms with van der Waals surface area (Å²) in [6, 6.07) is 12.9. The van der Waals surface area contributed by atoms with Gasteiger partial charge in [-0.2, -0.15) is 5.26 Å². The predicted molar refractivity (Wildman–Crippen MR) is 104 cm³/mol. The molecule has 1 aliphatic rings. The van der Waals surface area contributed by atoms with Crippen molar-refractivity contribution in [2.24, 2.45) is 0 Å². The smallest absolute Gasteiger partial charge is 0.122 e. The maximum absolute atomic E-state index is 10.4. The van der Waals surface area contributed by atoms with Crippen LogP contribution in [0, 0.1) is 11.3 Å². The van der Waals surface area contributed by atoms with Gasteiger partial charge in [0.25, 0.3) is 0 Å². The third kappa shape index (κ3) is 4.27. The van der Waals surface area contributed by atoms with Crippen LogP contribution in [0.5, 0.6) is 5.75 Å².